The Hall–Kier alpha value is 0.620. The van der Waals surface area contributed by atoms with Crippen LogP contribution in [0.4, 0.5) is 0 Å². The van der Waals surface area contributed by atoms with E-state index in [0.717, 1.165) is 5.75 Å². The second-order valence-electron chi connectivity index (χ2n) is 3.60. The average molecular weight is 205 g/mol. The standard InChI is InChI=1S/C8H15NOS2/c1-9-4-2-3-6(9)8-7(10)5-11-12-8/h6-8,10H,2-5H2,1H3. The van der Waals surface area contributed by atoms with Gasteiger partial charge in [0.1, 0.15) is 0 Å². The number of hydrogen-bond donors (Lipinski definition) is 1. The lowest BCUT2D eigenvalue weighted by atomic mass is 10.1. The third-order valence-electron chi connectivity index (χ3n) is 2.75. The monoisotopic (exact) mass is 205 g/mol. The Kier molecular flexibility index (Phi) is 2.89. The van der Waals surface area contributed by atoms with E-state index in [4.69, 9.17) is 0 Å². The van der Waals surface area contributed by atoms with Gasteiger partial charge in [-0.05, 0) is 26.4 Å². The first-order chi connectivity index (χ1) is 5.79. The molecule has 2 nitrogen and oxygen atoms in total. The molecule has 0 aromatic carbocycles. The van der Waals surface area contributed by atoms with E-state index in [1.807, 2.05) is 21.6 Å². The number of rotatable bonds is 1. The zero-order valence-electron chi connectivity index (χ0n) is 7.27. The molecule has 12 heavy (non-hydrogen) atoms. The Bertz CT molecular complexity index is 149. The summed E-state index contributed by atoms with van der Waals surface area (Å²) in [6.45, 7) is 1.21. The van der Waals surface area contributed by atoms with Gasteiger partial charge < -0.3 is 10.0 Å². The maximum absolute atomic E-state index is 9.70. The molecule has 0 spiro atoms. The largest absolute Gasteiger partial charge is 0.391 e. The predicted molar refractivity (Wildman–Crippen MR) is 55.5 cm³/mol. The maximum atomic E-state index is 9.70. The molecule has 0 radical (unpaired) electrons. The average Bonchev–Trinajstić information content (AvgIpc) is 2.59. The molecule has 70 valence electrons. The number of nitrogens with zero attached hydrogens (tertiary/aromatic N) is 1. The van der Waals surface area contributed by atoms with Crippen LogP contribution in [0.25, 0.3) is 0 Å². The van der Waals surface area contributed by atoms with Crippen LogP contribution >= 0.6 is 21.6 Å². The van der Waals surface area contributed by atoms with Crippen LogP contribution in [0, 0.1) is 0 Å². The third kappa shape index (κ3) is 1.62. The smallest absolute Gasteiger partial charge is 0.0780 e. The Morgan fingerprint density at radius 3 is 2.83 bits per heavy atom. The van der Waals surface area contributed by atoms with E-state index in [1.165, 1.54) is 19.4 Å². The van der Waals surface area contributed by atoms with E-state index in [-0.39, 0.29) is 6.10 Å². The SMILES string of the molecule is CN1CCCC1C1SSCC1O. The lowest BCUT2D eigenvalue weighted by Crippen LogP contribution is -2.39. The summed E-state index contributed by atoms with van der Waals surface area (Å²) in [4.78, 5) is 2.40. The fourth-order valence-corrected chi connectivity index (χ4v) is 5.31. The molecule has 0 bridgehead atoms. The van der Waals surface area contributed by atoms with E-state index in [9.17, 15) is 5.11 Å². The number of hydrogen-bond acceptors (Lipinski definition) is 4. The zero-order valence-corrected chi connectivity index (χ0v) is 8.90. The van der Waals surface area contributed by atoms with Gasteiger partial charge in [0.25, 0.3) is 0 Å². The number of aliphatic hydroxyl groups excluding tert-OH is 1. The summed E-state index contributed by atoms with van der Waals surface area (Å²) in [5.74, 6) is 0.916. The van der Waals surface area contributed by atoms with Crippen LogP contribution in [-0.2, 0) is 0 Å². The molecule has 2 saturated heterocycles. The quantitative estimate of drug-likeness (QED) is 0.650. The van der Waals surface area contributed by atoms with Crippen molar-refractivity contribution in [1.29, 1.82) is 0 Å². The highest BCUT2D eigenvalue weighted by Gasteiger charge is 2.37. The fourth-order valence-electron chi connectivity index (χ4n) is 2.02. The van der Waals surface area contributed by atoms with Crippen LogP contribution in [0.2, 0.25) is 0 Å². The first kappa shape index (κ1) is 9.19. The minimum atomic E-state index is -0.0782. The summed E-state index contributed by atoms with van der Waals surface area (Å²) in [5, 5.41) is 10.2. The third-order valence-corrected chi connectivity index (χ3v) is 5.70. The molecule has 3 atom stereocenters. The van der Waals surface area contributed by atoms with Gasteiger partial charge in [-0.3, -0.25) is 0 Å². The van der Waals surface area contributed by atoms with Crippen LogP contribution in [0.15, 0.2) is 0 Å². The van der Waals surface area contributed by atoms with Crippen LogP contribution in [0.5, 0.6) is 0 Å². The molecular formula is C8H15NOS2. The summed E-state index contributed by atoms with van der Waals surface area (Å²) >= 11 is 0. The molecule has 4 heteroatoms. The summed E-state index contributed by atoms with van der Waals surface area (Å²) in [6, 6.07) is 0.625. The highest BCUT2D eigenvalue weighted by Crippen LogP contribution is 2.42. The second-order valence-corrected chi connectivity index (χ2v) is 6.19. The van der Waals surface area contributed by atoms with Gasteiger partial charge in [-0.1, -0.05) is 21.6 Å². The van der Waals surface area contributed by atoms with Crippen molar-refractivity contribution in [3.8, 4) is 0 Å². The fraction of sp³-hybridized carbons (Fsp3) is 1.00. The van der Waals surface area contributed by atoms with Gasteiger partial charge in [0.15, 0.2) is 0 Å². The van der Waals surface area contributed by atoms with Crippen molar-refractivity contribution in [3.63, 3.8) is 0 Å². The van der Waals surface area contributed by atoms with Crippen molar-refractivity contribution in [2.24, 2.45) is 0 Å². The molecule has 2 heterocycles. The van der Waals surface area contributed by atoms with E-state index >= 15 is 0 Å². The number of likely N-dealkylation sites (tertiary alicyclic amines) is 1. The Balaban J connectivity index is 1.98. The van der Waals surface area contributed by atoms with Crippen molar-refractivity contribution in [2.45, 2.75) is 30.2 Å². The van der Waals surface area contributed by atoms with Gasteiger partial charge >= 0.3 is 0 Å². The molecule has 3 unspecified atom stereocenters. The summed E-state index contributed by atoms with van der Waals surface area (Å²) in [7, 11) is 5.87. The highest BCUT2D eigenvalue weighted by atomic mass is 33.1. The molecule has 2 aliphatic heterocycles. The maximum Gasteiger partial charge on any atom is 0.0780 e. The topological polar surface area (TPSA) is 23.5 Å². The van der Waals surface area contributed by atoms with Gasteiger partial charge in [0.2, 0.25) is 0 Å². The van der Waals surface area contributed by atoms with Gasteiger partial charge in [0.05, 0.1) is 11.4 Å². The van der Waals surface area contributed by atoms with Gasteiger partial charge in [-0.25, -0.2) is 0 Å². The normalized spacial score (nSPS) is 44.0. The van der Waals surface area contributed by atoms with Crippen molar-refractivity contribution in [3.05, 3.63) is 0 Å². The Morgan fingerprint density at radius 2 is 2.33 bits per heavy atom. The molecule has 2 aliphatic rings. The molecule has 0 aromatic heterocycles. The van der Waals surface area contributed by atoms with Crippen LogP contribution in [-0.4, -0.2) is 46.7 Å². The minimum absolute atomic E-state index is 0.0782. The van der Waals surface area contributed by atoms with E-state index in [2.05, 4.69) is 11.9 Å². The van der Waals surface area contributed by atoms with Gasteiger partial charge in [0, 0.05) is 11.8 Å². The summed E-state index contributed by atoms with van der Waals surface area (Å²) in [6.07, 6.45) is 2.49. The van der Waals surface area contributed by atoms with Crippen LogP contribution in [0.3, 0.4) is 0 Å². The lowest BCUT2D eigenvalue weighted by molar-refractivity contribution is 0.159. The van der Waals surface area contributed by atoms with Crippen LogP contribution < -0.4 is 0 Å². The molecular weight excluding hydrogens is 190 g/mol. The Labute approximate surface area is 81.5 Å². The zero-order chi connectivity index (χ0) is 8.55. The summed E-state index contributed by atoms with van der Waals surface area (Å²) in [5.41, 5.74) is 0. The van der Waals surface area contributed by atoms with Crippen molar-refractivity contribution in [2.75, 3.05) is 19.3 Å². The molecule has 0 saturated carbocycles. The van der Waals surface area contributed by atoms with E-state index < -0.39 is 0 Å². The van der Waals surface area contributed by atoms with E-state index in [1.54, 1.807) is 0 Å². The Morgan fingerprint density at radius 1 is 1.50 bits per heavy atom. The molecule has 0 aromatic rings. The van der Waals surface area contributed by atoms with Crippen LogP contribution in [0.1, 0.15) is 12.8 Å². The molecule has 1 N–H and O–H groups in total. The minimum Gasteiger partial charge on any atom is -0.391 e. The van der Waals surface area contributed by atoms with Crippen molar-refractivity contribution in [1.82, 2.24) is 4.90 Å². The van der Waals surface area contributed by atoms with Crippen molar-refractivity contribution >= 4 is 21.6 Å². The van der Waals surface area contributed by atoms with E-state index in [0.29, 0.717) is 11.3 Å². The molecule has 2 fully saturated rings. The number of aliphatic hydroxyl groups is 1. The highest BCUT2D eigenvalue weighted by molar-refractivity contribution is 8.77. The van der Waals surface area contributed by atoms with Gasteiger partial charge in [-0.15, -0.1) is 0 Å². The van der Waals surface area contributed by atoms with Gasteiger partial charge in [-0.2, -0.15) is 0 Å². The summed E-state index contributed by atoms with van der Waals surface area (Å²) < 4.78 is 0. The molecule has 0 amide bonds. The first-order valence-electron chi connectivity index (χ1n) is 4.45. The first-order valence-corrected chi connectivity index (χ1v) is 6.84. The molecule has 2 rings (SSSR count). The lowest BCUT2D eigenvalue weighted by Gasteiger charge is -2.26. The predicted octanol–water partition coefficient (Wildman–Crippen LogP) is 1.21. The molecule has 0 aliphatic carbocycles. The van der Waals surface area contributed by atoms with Crippen molar-refractivity contribution < 1.29 is 5.11 Å². The second kappa shape index (κ2) is 3.78.